The van der Waals surface area contributed by atoms with Crippen molar-refractivity contribution in [2.75, 3.05) is 39.4 Å². The Morgan fingerprint density at radius 2 is 1.62 bits per heavy atom. The van der Waals surface area contributed by atoms with Gasteiger partial charge in [-0.25, -0.2) is 0 Å². The van der Waals surface area contributed by atoms with Crippen LogP contribution in [0, 0.1) is 6.92 Å². The van der Waals surface area contributed by atoms with Gasteiger partial charge >= 0.3 is 0 Å². The number of ether oxygens (including phenoxy) is 1. The summed E-state index contributed by atoms with van der Waals surface area (Å²) in [5.41, 5.74) is 4.05. The van der Waals surface area contributed by atoms with E-state index in [2.05, 4.69) is 71.7 Å². The Morgan fingerprint density at radius 1 is 0.962 bits per heavy atom. The summed E-state index contributed by atoms with van der Waals surface area (Å²) < 4.78 is 5.42. The predicted octanol–water partition coefficient (Wildman–Crippen LogP) is 4.04. The van der Waals surface area contributed by atoms with E-state index in [9.17, 15) is 0 Å². The Morgan fingerprint density at radius 3 is 2.27 bits per heavy atom. The van der Waals surface area contributed by atoms with Gasteiger partial charge < -0.3 is 10.1 Å². The third kappa shape index (κ3) is 7.26. The van der Waals surface area contributed by atoms with Gasteiger partial charge in [0, 0.05) is 32.2 Å². The van der Waals surface area contributed by atoms with E-state index < -0.39 is 0 Å². The average molecular weight is 397 g/mol. The van der Waals surface area contributed by atoms with E-state index in [4.69, 9.17) is 4.74 Å². The van der Waals surface area contributed by atoms with E-state index in [1.807, 2.05) is 0 Å². The van der Waals surface area contributed by atoms with Crippen molar-refractivity contribution in [3.63, 3.8) is 0 Å². The summed E-state index contributed by atoms with van der Waals surface area (Å²) >= 11 is 0. The minimum absolute atomic E-state index is 0. The number of benzene rings is 2. The number of halogens is 2. The summed E-state index contributed by atoms with van der Waals surface area (Å²) in [5, 5.41) is 3.77. The lowest BCUT2D eigenvalue weighted by Gasteiger charge is -2.28. The molecule has 2 aromatic rings. The Hall–Kier alpha value is -1.10. The van der Waals surface area contributed by atoms with Crippen LogP contribution >= 0.6 is 24.8 Å². The van der Waals surface area contributed by atoms with Crippen LogP contribution < -0.4 is 5.32 Å². The van der Waals surface area contributed by atoms with Gasteiger partial charge in [0.15, 0.2) is 0 Å². The molecular weight excluding hydrogens is 367 g/mol. The second-order valence-corrected chi connectivity index (χ2v) is 6.56. The smallest absolute Gasteiger partial charge is 0.0594 e. The Bertz CT molecular complexity index is 601. The third-order valence-corrected chi connectivity index (χ3v) is 4.68. The van der Waals surface area contributed by atoms with Gasteiger partial charge in [-0.3, -0.25) is 4.90 Å². The first-order valence-electron chi connectivity index (χ1n) is 8.95. The van der Waals surface area contributed by atoms with Crippen LogP contribution in [-0.4, -0.2) is 44.3 Å². The van der Waals surface area contributed by atoms with Crippen LogP contribution in [0.1, 0.15) is 22.7 Å². The normalized spacial score (nSPS) is 15.6. The standard InChI is InChI=1S/C21H28N2O.2ClH/c1-18-7-9-20(10-8-18)21(17-19-5-3-2-4-6-19)22-11-12-23-13-15-24-16-14-23;;/h2-10,21-22H,11-17H2,1H3;2*1H. The van der Waals surface area contributed by atoms with Crippen LogP contribution in [0.2, 0.25) is 0 Å². The summed E-state index contributed by atoms with van der Waals surface area (Å²) in [7, 11) is 0. The summed E-state index contributed by atoms with van der Waals surface area (Å²) in [6.07, 6.45) is 1.02. The van der Waals surface area contributed by atoms with Crippen molar-refractivity contribution in [3.8, 4) is 0 Å². The first-order valence-corrected chi connectivity index (χ1v) is 8.95. The number of hydrogen-bond acceptors (Lipinski definition) is 3. The van der Waals surface area contributed by atoms with E-state index in [1.165, 1.54) is 16.7 Å². The molecule has 144 valence electrons. The van der Waals surface area contributed by atoms with Gasteiger partial charge in [-0.1, -0.05) is 60.2 Å². The van der Waals surface area contributed by atoms with Crippen LogP contribution in [0.4, 0.5) is 0 Å². The van der Waals surface area contributed by atoms with Gasteiger partial charge in [-0.2, -0.15) is 0 Å². The molecule has 0 amide bonds. The molecule has 1 aliphatic heterocycles. The lowest BCUT2D eigenvalue weighted by atomic mass is 9.98. The van der Waals surface area contributed by atoms with E-state index in [0.717, 1.165) is 45.8 Å². The summed E-state index contributed by atoms with van der Waals surface area (Å²) in [5.74, 6) is 0. The number of aryl methyl sites for hydroxylation is 1. The fraction of sp³-hybridized carbons (Fsp3) is 0.429. The highest BCUT2D eigenvalue weighted by molar-refractivity contribution is 5.85. The minimum Gasteiger partial charge on any atom is -0.379 e. The molecule has 0 saturated carbocycles. The summed E-state index contributed by atoms with van der Waals surface area (Å²) in [4.78, 5) is 2.48. The molecule has 1 heterocycles. The zero-order valence-corrected chi connectivity index (χ0v) is 17.0. The molecule has 26 heavy (non-hydrogen) atoms. The second kappa shape index (κ2) is 12.3. The van der Waals surface area contributed by atoms with Crippen molar-refractivity contribution in [2.24, 2.45) is 0 Å². The van der Waals surface area contributed by atoms with Crippen molar-refractivity contribution in [1.29, 1.82) is 0 Å². The SMILES string of the molecule is Cc1ccc(C(Cc2ccccc2)NCCN2CCOCC2)cc1.Cl.Cl. The number of nitrogens with one attached hydrogen (secondary N) is 1. The average Bonchev–Trinajstić information content (AvgIpc) is 2.63. The zero-order chi connectivity index (χ0) is 16.6. The Kier molecular flexibility index (Phi) is 10.9. The topological polar surface area (TPSA) is 24.5 Å². The Balaban J connectivity index is 0.00000169. The fourth-order valence-corrected chi connectivity index (χ4v) is 3.18. The number of hydrogen-bond donors (Lipinski definition) is 1. The van der Waals surface area contributed by atoms with E-state index in [0.29, 0.717) is 6.04 Å². The van der Waals surface area contributed by atoms with Gasteiger partial charge in [0.25, 0.3) is 0 Å². The molecule has 1 saturated heterocycles. The number of morpholine rings is 1. The molecule has 3 nitrogen and oxygen atoms in total. The highest BCUT2D eigenvalue weighted by Gasteiger charge is 2.14. The first kappa shape index (κ1) is 22.9. The van der Waals surface area contributed by atoms with E-state index in [-0.39, 0.29) is 24.8 Å². The maximum atomic E-state index is 5.42. The van der Waals surface area contributed by atoms with Gasteiger partial charge in [0.1, 0.15) is 0 Å². The zero-order valence-electron chi connectivity index (χ0n) is 15.4. The maximum absolute atomic E-state index is 5.42. The molecule has 5 heteroatoms. The largest absolute Gasteiger partial charge is 0.379 e. The molecule has 2 aromatic carbocycles. The van der Waals surface area contributed by atoms with Crippen molar-refractivity contribution in [2.45, 2.75) is 19.4 Å². The molecule has 3 rings (SSSR count). The molecule has 0 aromatic heterocycles. The van der Waals surface area contributed by atoms with Crippen molar-refractivity contribution >= 4 is 24.8 Å². The monoisotopic (exact) mass is 396 g/mol. The minimum atomic E-state index is 0. The van der Waals surface area contributed by atoms with Gasteiger partial charge in [-0.15, -0.1) is 24.8 Å². The predicted molar refractivity (Wildman–Crippen MR) is 114 cm³/mol. The summed E-state index contributed by atoms with van der Waals surface area (Å²) in [6, 6.07) is 20.0. The molecule has 0 radical (unpaired) electrons. The van der Waals surface area contributed by atoms with Crippen molar-refractivity contribution < 1.29 is 4.74 Å². The quantitative estimate of drug-likeness (QED) is 0.763. The van der Waals surface area contributed by atoms with Crippen LogP contribution in [0.5, 0.6) is 0 Å². The molecule has 1 fully saturated rings. The van der Waals surface area contributed by atoms with Crippen molar-refractivity contribution in [1.82, 2.24) is 10.2 Å². The van der Waals surface area contributed by atoms with E-state index in [1.54, 1.807) is 0 Å². The molecule has 1 N–H and O–H groups in total. The Labute approximate surface area is 169 Å². The highest BCUT2D eigenvalue weighted by Crippen LogP contribution is 2.19. The van der Waals surface area contributed by atoms with Crippen molar-refractivity contribution in [3.05, 3.63) is 71.3 Å². The van der Waals surface area contributed by atoms with Gasteiger partial charge in [0.05, 0.1) is 13.2 Å². The number of nitrogens with zero attached hydrogens (tertiary/aromatic N) is 1. The molecule has 0 aliphatic carbocycles. The molecule has 1 aliphatic rings. The molecular formula is C21H30Cl2N2O. The van der Waals surface area contributed by atoms with Crippen LogP contribution in [0.25, 0.3) is 0 Å². The fourth-order valence-electron chi connectivity index (χ4n) is 3.18. The van der Waals surface area contributed by atoms with E-state index >= 15 is 0 Å². The summed E-state index contributed by atoms with van der Waals surface area (Å²) in [6.45, 7) is 8.07. The molecule has 0 spiro atoms. The maximum Gasteiger partial charge on any atom is 0.0594 e. The first-order chi connectivity index (χ1) is 11.8. The van der Waals surface area contributed by atoms with Crippen LogP contribution in [-0.2, 0) is 11.2 Å². The van der Waals surface area contributed by atoms with Crippen LogP contribution in [0.3, 0.4) is 0 Å². The van der Waals surface area contributed by atoms with Gasteiger partial charge in [-0.05, 0) is 24.5 Å². The van der Waals surface area contributed by atoms with Crippen LogP contribution in [0.15, 0.2) is 54.6 Å². The molecule has 1 unspecified atom stereocenters. The third-order valence-electron chi connectivity index (χ3n) is 4.68. The lowest BCUT2D eigenvalue weighted by Crippen LogP contribution is -2.41. The molecule has 0 bridgehead atoms. The second-order valence-electron chi connectivity index (χ2n) is 6.56. The van der Waals surface area contributed by atoms with Gasteiger partial charge in [0.2, 0.25) is 0 Å². The lowest BCUT2D eigenvalue weighted by molar-refractivity contribution is 0.0381. The molecule has 1 atom stereocenters. The number of rotatable bonds is 7. The highest BCUT2D eigenvalue weighted by atomic mass is 35.5.